The molecule has 1 atom stereocenters. The fourth-order valence-electron chi connectivity index (χ4n) is 3.50. The van der Waals surface area contributed by atoms with Crippen LogP contribution in [0.3, 0.4) is 0 Å². The molecule has 0 aromatic rings. The third-order valence-corrected chi connectivity index (χ3v) is 9.00. The van der Waals surface area contributed by atoms with Gasteiger partial charge in [-0.3, -0.25) is 0 Å². The summed E-state index contributed by atoms with van der Waals surface area (Å²) >= 11 is 0. The Morgan fingerprint density at radius 2 is 1.69 bits per heavy atom. The van der Waals surface area contributed by atoms with Gasteiger partial charge in [0.2, 0.25) is 0 Å². The molecule has 0 bridgehead atoms. The van der Waals surface area contributed by atoms with Gasteiger partial charge >= 0.3 is 0 Å². The van der Waals surface area contributed by atoms with Crippen molar-refractivity contribution in [3.8, 4) is 0 Å². The predicted molar refractivity (Wildman–Crippen MR) is 74.4 cm³/mol. The molecule has 1 nitrogen and oxygen atoms in total. The monoisotopic (exact) mass is 242 g/mol. The highest BCUT2D eigenvalue weighted by molar-refractivity contribution is 6.74. The third kappa shape index (κ3) is 3.59. The molecular weight excluding hydrogens is 212 g/mol. The molecule has 1 fully saturated rings. The van der Waals surface area contributed by atoms with E-state index in [-0.39, 0.29) is 5.60 Å². The van der Waals surface area contributed by atoms with Crippen LogP contribution in [-0.2, 0) is 4.43 Å². The average Bonchev–Trinajstić information content (AvgIpc) is 2.18. The van der Waals surface area contributed by atoms with Crippen molar-refractivity contribution in [3.63, 3.8) is 0 Å². The Morgan fingerprint density at radius 1 is 1.06 bits per heavy atom. The predicted octanol–water partition coefficient (Wildman–Crippen LogP) is 5.12. The van der Waals surface area contributed by atoms with E-state index in [1.165, 1.54) is 56.7 Å². The molecule has 96 valence electrons. The van der Waals surface area contributed by atoms with E-state index >= 15 is 0 Å². The Bertz CT molecular complexity index is 189. The fraction of sp³-hybridized carbons (Fsp3) is 1.00. The zero-order valence-electron chi connectivity index (χ0n) is 11.8. The second kappa shape index (κ2) is 6.20. The number of hydrogen-bond donors (Lipinski definition) is 0. The first-order valence-corrected chi connectivity index (χ1v) is 9.83. The summed E-state index contributed by atoms with van der Waals surface area (Å²) in [6, 6.07) is 4.20. The lowest BCUT2D eigenvalue weighted by Crippen LogP contribution is -2.50. The lowest BCUT2D eigenvalue weighted by molar-refractivity contribution is 0.0394. The number of hydrogen-bond acceptors (Lipinski definition) is 1. The van der Waals surface area contributed by atoms with E-state index in [9.17, 15) is 0 Å². The molecule has 16 heavy (non-hydrogen) atoms. The van der Waals surface area contributed by atoms with Crippen molar-refractivity contribution in [2.75, 3.05) is 0 Å². The van der Waals surface area contributed by atoms with E-state index in [4.69, 9.17) is 4.43 Å². The van der Waals surface area contributed by atoms with Crippen molar-refractivity contribution in [1.82, 2.24) is 0 Å². The van der Waals surface area contributed by atoms with Gasteiger partial charge in [0.05, 0.1) is 5.60 Å². The lowest BCUT2D eigenvalue weighted by Gasteiger charge is -2.46. The molecule has 1 aliphatic heterocycles. The summed E-state index contributed by atoms with van der Waals surface area (Å²) < 4.78 is 6.72. The lowest BCUT2D eigenvalue weighted by atomic mass is 9.95. The SMILES string of the molecule is CCCC1(C)CCC[Si](CCC)(CCC)O1. The smallest absolute Gasteiger partial charge is 0.193 e. The highest BCUT2D eigenvalue weighted by atomic mass is 28.4. The molecule has 0 aromatic carbocycles. The first-order valence-electron chi connectivity index (χ1n) is 7.30. The summed E-state index contributed by atoms with van der Waals surface area (Å²) in [5.41, 5.74) is 0.226. The molecule has 1 saturated heterocycles. The molecule has 0 aromatic heterocycles. The first-order chi connectivity index (χ1) is 7.60. The Labute approximate surface area is 103 Å². The zero-order valence-corrected chi connectivity index (χ0v) is 12.8. The maximum Gasteiger partial charge on any atom is 0.193 e. The van der Waals surface area contributed by atoms with Crippen molar-refractivity contribution < 1.29 is 4.43 Å². The molecule has 2 heteroatoms. The standard InChI is InChI=1S/C14H30OSi/c1-5-9-14(4)10-8-13-16(15-14,11-6-2)12-7-3/h5-13H2,1-4H3. The fourth-order valence-corrected chi connectivity index (χ4v) is 8.45. The molecule has 0 amide bonds. The van der Waals surface area contributed by atoms with Gasteiger partial charge in [0, 0.05) is 0 Å². The van der Waals surface area contributed by atoms with Gasteiger partial charge in [-0.15, -0.1) is 0 Å². The second-order valence-electron chi connectivity index (χ2n) is 5.84. The summed E-state index contributed by atoms with van der Waals surface area (Å²) in [4.78, 5) is 0. The van der Waals surface area contributed by atoms with Crippen LogP contribution in [0.25, 0.3) is 0 Å². The topological polar surface area (TPSA) is 9.23 Å². The quantitative estimate of drug-likeness (QED) is 0.587. The third-order valence-electron chi connectivity index (χ3n) is 3.99. The van der Waals surface area contributed by atoms with Crippen LogP contribution in [0.4, 0.5) is 0 Å². The van der Waals surface area contributed by atoms with Crippen LogP contribution in [0.5, 0.6) is 0 Å². The van der Waals surface area contributed by atoms with Crippen LogP contribution in [-0.4, -0.2) is 13.9 Å². The summed E-state index contributed by atoms with van der Waals surface area (Å²) in [5, 5.41) is 0. The van der Waals surface area contributed by atoms with Crippen molar-refractivity contribution in [2.45, 2.75) is 90.0 Å². The van der Waals surface area contributed by atoms with E-state index in [2.05, 4.69) is 27.7 Å². The molecule has 0 aliphatic carbocycles. The minimum absolute atomic E-state index is 0.226. The highest BCUT2D eigenvalue weighted by Crippen LogP contribution is 2.41. The van der Waals surface area contributed by atoms with Gasteiger partial charge in [-0.25, -0.2) is 0 Å². The van der Waals surface area contributed by atoms with Gasteiger partial charge in [-0.1, -0.05) is 46.5 Å². The van der Waals surface area contributed by atoms with Crippen LogP contribution in [0.15, 0.2) is 0 Å². The molecule has 1 aliphatic rings. The maximum absolute atomic E-state index is 6.72. The Balaban J connectivity index is 2.69. The minimum Gasteiger partial charge on any atom is -0.412 e. The van der Waals surface area contributed by atoms with Crippen LogP contribution in [0.1, 0.15) is 66.2 Å². The van der Waals surface area contributed by atoms with Crippen molar-refractivity contribution in [2.24, 2.45) is 0 Å². The molecule has 1 rings (SSSR count). The van der Waals surface area contributed by atoms with Crippen LogP contribution in [0.2, 0.25) is 18.1 Å². The molecule has 1 heterocycles. The van der Waals surface area contributed by atoms with Gasteiger partial charge in [-0.05, 0) is 37.9 Å². The molecule has 0 saturated carbocycles. The minimum atomic E-state index is -1.36. The van der Waals surface area contributed by atoms with Crippen molar-refractivity contribution >= 4 is 8.32 Å². The Morgan fingerprint density at radius 3 is 2.19 bits per heavy atom. The summed E-state index contributed by atoms with van der Waals surface area (Å²) in [6.07, 6.45) is 7.86. The van der Waals surface area contributed by atoms with Crippen molar-refractivity contribution in [3.05, 3.63) is 0 Å². The molecular formula is C14H30OSi. The molecule has 0 radical (unpaired) electrons. The zero-order chi connectivity index (χ0) is 12.1. The van der Waals surface area contributed by atoms with E-state index in [1.807, 2.05) is 0 Å². The van der Waals surface area contributed by atoms with Gasteiger partial charge in [-0.2, -0.15) is 0 Å². The maximum atomic E-state index is 6.72. The van der Waals surface area contributed by atoms with E-state index < -0.39 is 8.32 Å². The van der Waals surface area contributed by atoms with Crippen LogP contribution >= 0.6 is 0 Å². The summed E-state index contributed by atoms with van der Waals surface area (Å²) in [7, 11) is -1.36. The van der Waals surface area contributed by atoms with E-state index in [0.717, 1.165) is 0 Å². The molecule has 1 unspecified atom stereocenters. The van der Waals surface area contributed by atoms with E-state index in [1.54, 1.807) is 0 Å². The van der Waals surface area contributed by atoms with E-state index in [0.29, 0.717) is 0 Å². The Hall–Kier alpha value is 0.177. The summed E-state index contributed by atoms with van der Waals surface area (Å²) in [6.45, 7) is 9.29. The Kier molecular flexibility index (Phi) is 5.52. The normalized spacial score (nSPS) is 29.2. The van der Waals surface area contributed by atoms with Crippen LogP contribution in [0, 0.1) is 0 Å². The number of rotatable bonds is 6. The average molecular weight is 242 g/mol. The van der Waals surface area contributed by atoms with Crippen molar-refractivity contribution in [1.29, 1.82) is 0 Å². The largest absolute Gasteiger partial charge is 0.412 e. The van der Waals surface area contributed by atoms with Gasteiger partial charge in [0.1, 0.15) is 0 Å². The highest BCUT2D eigenvalue weighted by Gasteiger charge is 2.43. The summed E-state index contributed by atoms with van der Waals surface area (Å²) in [5.74, 6) is 0. The van der Waals surface area contributed by atoms with Crippen LogP contribution < -0.4 is 0 Å². The molecule has 0 spiro atoms. The first kappa shape index (κ1) is 14.2. The van der Waals surface area contributed by atoms with Gasteiger partial charge in [0.15, 0.2) is 8.32 Å². The molecule has 0 N–H and O–H groups in total. The van der Waals surface area contributed by atoms with Gasteiger partial charge in [0.25, 0.3) is 0 Å². The van der Waals surface area contributed by atoms with Gasteiger partial charge < -0.3 is 4.43 Å². The second-order valence-corrected chi connectivity index (χ2v) is 9.91.